The van der Waals surface area contributed by atoms with E-state index in [1.165, 1.54) is 12.1 Å². The van der Waals surface area contributed by atoms with Gasteiger partial charge in [0.05, 0.1) is 4.92 Å². The maximum Gasteiger partial charge on any atom is 0.269 e. The van der Waals surface area contributed by atoms with Gasteiger partial charge in [-0.25, -0.2) is 0 Å². The fourth-order valence-corrected chi connectivity index (χ4v) is 2.86. The highest BCUT2D eigenvalue weighted by molar-refractivity contribution is 5.53. The van der Waals surface area contributed by atoms with Crippen molar-refractivity contribution < 1.29 is 10.0 Å². The number of likely N-dealkylation sites (N-methyl/N-ethyl adjacent to an activating group) is 1. The Kier molecular flexibility index (Phi) is 3.68. The molecular formula is C16H17N3O3. The van der Waals surface area contributed by atoms with Crippen LogP contribution in [0, 0.1) is 10.1 Å². The van der Waals surface area contributed by atoms with E-state index in [4.69, 9.17) is 0 Å². The van der Waals surface area contributed by atoms with E-state index in [-0.39, 0.29) is 17.6 Å². The SMILES string of the molecule is CN1CCN(c2ccc([N+](=O)[O-])cc2)C1c1ccc(O)cc1. The average Bonchev–Trinajstić information content (AvgIpc) is 2.90. The van der Waals surface area contributed by atoms with E-state index in [0.717, 1.165) is 24.3 Å². The van der Waals surface area contributed by atoms with Gasteiger partial charge in [-0.05, 0) is 36.9 Å². The zero-order chi connectivity index (χ0) is 15.7. The van der Waals surface area contributed by atoms with Crippen LogP contribution >= 0.6 is 0 Å². The van der Waals surface area contributed by atoms with Crippen LogP contribution in [0.3, 0.4) is 0 Å². The van der Waals surface area contributed by atoms with E-state index < -0.39 is 4.92 Å². The summed E-state index contributed by atoms with van der Waals surface area (Å²) in [7, 11) is 2.04. The third-order valence-electron chi connectivity index (χ3n) is 3.99. The quantitative estimate of drug-likeness (QED) is 0.697. The monoisotopic (exact) mass is 299 g/mol. The van der Waals surface area contributed by atoms with Crippen LogP contribution in [-0.4, -0.2) is 35.1 Å². The molecule has 0 aliphatic carbocycles. The molecule has 1 aliphatic rings. The molecule has 1 N–H and O–H groups in total. The van der Waals surface area contributed by atoms with E-state index in [2.05, 4.69) is 9.80 Å². The van der Waals surface area contributed by atoms with Crippen molar-refractivity contribution in [1.29, 1.82) is 0 Å². The molecule has 1 saturated heterocycles. The predicted octanol–water partition coefficient (Wildman–Crippen LogP) is 2.75. The number of benzene rings is 2. The predicted molar refractivity (Wildman–Crippen MR) is 83.9 cm³/mol. The van der Waals surface area contributed by atoms with Gasteiger partial charge in [0.2, 0.25) is 0 Å². The maximum atomic E-state index is 10.8. The number of rotatable bonds is 3. The number of nitro groups is 1. The molecule has 1 aliphatic heterocycles. The molecule has 2 aromatic carbocycles. The molecule has 0 amide bonds. The fourth-order valence-electron chi connectivity index (χ4n) is 2.86. The van der Waals surface area contributed by atoms with Gasteiger partial charge >= 0.3 is 0 Å². The minimum Gasteiger partial charge on any atom is -0.508 e. The first-order valence-electron chi connectivity index (χ1n) is 7.06. The van der Waals surface area contributed by atoms with E-state index >= 15 is 0 Å². The summed E-state index contributed by atoms with van der Waals surface area (Å²) in [5.74, 6) is 0.242. The summed E-state index contributed by atoms with van der Waals surface area (Å²) in [5.41, 5.74) is 2.13. The summed E-state index contributed by atoms with van der Waals surface area (Å²) >= 11 is 0. The molecule has 1 atom stereocenters. The van der Waals surface area contributed by atoms with Crippen molar-refractivity contribution >= 4 is 11.4 Å². The van der Waals surface area contributed by atoms with Crippen molar-refractivity contribution in [3.8, 4) is 5.75 Å². The zero-order valence-corrected chi connectivity index (χ0v) is 12.2. The van der Waals surface area contributed by atoms with Crippen molar-refractivity contribution in [3.63, 3.8) is 0 Å². The molecule has 0 saturated carbocycles. The minimum atomic E-state index is -0.392. The number of non-ortho nitro benzene ring substituents is 1. The third-order valence-corrected chi connectivity index (χ3v) is 3.99. The second-order valence-corrected chi connectivity index (χ2v) is 5.41. The number of nitro benzene ring substituents is 1. The lowest BCUT2D eigenvalue weighted by Crippen LogP contribution is -2.28. The lowest BCUT2D eigenvalue weighted by molar-refractivity contribution is -0.384. The van der Waals surface area contributed by atoms with Crippen molar-refractivity contribution in [1.82, 2.24) is 4.90 Å². The van der Waals surface area contributed by atoms with Crippen LogP contribution in [0.25, 0.3) is 0 Å². The molecule has 1 unspecified atom stereocenters. The van der Waals surface area contributed by atoms with Crippen molar-refractivity contribution in [2.45, 2.75) is 6.17 Å². The van der Waals surface area contributed by atoms with Gasteiger partial charge in [0.15, 0.2) is 0 Å². The first-order chi connectivity index (χ1) is 10.6. The number of hydrogen-bond donors (Lipinski definition) is 1. The first kappa shape index (κ1) is 14.3. The van der Waals surface area contributed by atoms with E-state index in [1.807, 2.05) is 19.2 Å². The van der Waals surface area contributed by atoms with Gasteiger partial charge in [0, 0.05) is 30.9 Å². The van der Waals surface area contributed by atoms with Crippen molar-refractivity contribution in [3.05, 3.63) is 64.2 Å². The van der Waals surface area contributed by atoms with Gasteiger partial charge in [0.1, 0.15) is 11.9 Å². The van der Waals surface area contributed by atoms with E-state index in [9.17, 15) is 15.2 Å². The molecule has 114 valence electrons. The highest BCUT2D eigenvalue weighted by Crippen LogP contribution is 2.34. The van der Waals surface area contributed by atoms with Crippen molar-refractivity contribution in [2.75, 3.05) is 25.0 Å². The van der Waals surface area contributed by atoms with E-state index in [0.29, 0.717) is 0 Å². The van der Waals surface area contributed by atoms with Crippen LogP contribution in [0.15, 0.2) is 48.5 Å². The number of nitrogens with zero attached hydrogens (tertiary/aromatic N) is 3. The van der Waals surface area contributed by atoms with Crippen LogP contribution in [-0.2, 0) is 0 Å². The summed E-state index contributed by atoms with van der Waals surface area (Å²) in [6.45, 7) is 1.75. The number of phenols is 1. The van der Waals surface area contributed by atoms with Crippen LogP contribution in [0.4, 0.5) is 11.4 Å². The summed E-state index contributed by atoms with van der Waals surface area (Å²) in [4.78, 5) is 14.8. The second-order valence-electron chi connectivity index (χ2n) is 5.41. The smallest absolute Gasteiger partial charge is 0.269 e. The molecule has 22 heavy (non-hydrogen) atoms. The number of hydrogen-bond acceptors (Lipinski definition) is 5. The van der Waals surface area contributed by atoms with Crippen LogP contribution < -0.4 is 4.90 Å². The Morgan fingerprint density at radius 2 is 1.73 bits per heavy atom. The normalized spacial score (nSPS) is 18.6. The molecule has 1 fully saturated rings. The topological polar surface area (TPSA) is 69.9 Å². The molecule has 0 radical (unpaired) electrons. The average molecular weight is 299 g/mol. The van der Waals surface area contributed by atoms with Crippen LogP contribution in [0.1, 0.15) is 11.7 Å². The van der Waals surface area contributed by atoms with Gasteiger partial charge in [0.25, 0.3) is 5.69 Å². The summed E-state index contributed by atoms with van der Waals surface area (Å²) in [6.07, 6.45) is 0.0575. The lowest BCUT2D eigenvalue weighted by atomic mass is 10.1. The summed E-state index contributed by atoms with van der Waals surface area (Å²) in [6, 6.07) is 13.8. The Hall–Kier alpha value is -2.60. The second kappa shape index (κ2) is 5.65. The number of anilines is 1. The fraction of sp³-hybridized carbons (Fsp3) is 0.250. The standard InChI is InChI=1S/C16H17N3O3/c1-17-10-11-18(13-4-6-14(7-5-13)19(21)22)16(17)12-2-8-15(20)9-3-12/h2-9,16,20H,10-11H2,1H3. The summed E-state index contributed by atoms with van der Waals surface area (Å²) < 4.78 is 0. The first-order valence-corrected chi connectivity index (χ1v) is 7.06. The van der Waals surface area contributed by atoms with Crippen LogP contribution in [0.2, 0.25) is 0 Å². The molecule has 6 heteroatoms. The Labute approximate surface area is 128 Å². The third kappa shape index (κ3) is 2.60. The van der Waals surface area contributed by atoms with Gasteiger partial charge < -0.3 is 10.0 Å². The summed E-state index contributed by atoms with van der Waals surface area (Å²) in [5, 5.41) is 20.2. The highest BCUT2D eigenvalue weighted by Gasteiger charge is 2.31. The Bertz CT molecular complexity index is 670. The maximum absolute atomic E-state index is 10.8. The largest absolute Gasteiger partial charge is 0.508 e. The Morgan fingerprint density at radius 3 is 2.32 bits per heavy atom. The molecular weight excluding hydrogens is 282 g/mol. The van der Waals surface area contributed by atoms with Crippen LogP contribution in [0.5, 0.6) is 5.75 Å². The lowest BCUT2D eigenvalue weighted by Gasteiger charge is -2.30. The molecule has 2 aromatic rings. The van der Waals surface area contributed by atoms with E-state index in [1.54, 1.807) is 24.3 Å². The van der Waals surface area contributed by atoms with Gasteiger partial charge in [-0.2, -0.15) is 0 Å². The Balaban J connectivity index is 1.91. The molecule has 6 nitrogen and oxygen atoms in total. The zero-order valence-electron chi connectivity index (χ0n) is 12.2. The Morgan fingerprint density at radius 1 is 1.09 bits per heavy atom. The van der Waals surface area contributed by atoms with Gasteiger partial charge in [-0.1, -0.05) is 12.1 Å². The van der Waals surface area contributed by atoms with Gasteiger partial charge in [-0.3, -0.25) is 15.0 Å². The molecule has 3 rings (SSSR count). The molecule has 0 bridgehead atoms. The number of aromatic hydroxyl groups is 1. The van der Waals surface area contributed by atoms with Crippen molar-refractivity contribution in [2.24, 2.45) is 0 Å². The molecule has 1 heterocycles. The minimum absolute atomic E-state index is 0.0575. The highest BCUT2D eigenvalue weighted by atomic mass is 16.6. The van der Waals surface area contributed by atoms with Gasteiger partial charge in [-0.15, -0.1) is 0 Å². The molecule has 0 aromatic heterocycles. The number of phenolic OH excluding ortho intramolecular Hbond substituents is 1. The molecule has 0 spiro atoms.